The molecule has 0 saturated carbocycles. The lowest BCUT2D eigenvalue weighted by Crippen LogP contribution is -2.20. The Labute approximate surface area is 171 Å². The van der Waals surface area contributed by atoms with E-state index in [9.17, 15) is 14.3 Å². The molecule has 3 aromatic rings. The maximum absolute atomic E-state index is 13.5. The van der Waals surface area contributed by atoms with Crippen LogP contribution in [0.25, 0.3) is 11.1 Å². The van der Waals surface area contributed by atoms with Gasteiger partial charge in [0.05, 0.1) is 11.9 Å². The van der Waals surface area contributed by atoms with E-state index in [4.69, 9.17) is 4.52 Å². The smallest absolute Gasteiger partial charge is 0.321 e. The molecular formula is C24H25O4P. The van der Waals surface area contributed by atoms with Crippen molar-refractivity contribution in [1.82, 2.24) is 0 Å². The Balaban J connectivity index is 2.36. The first kappa shape index (κ1) is 21.2. The van der Waals surface area contributed by atoms with E-state index >= 15 is 0 Å². The molecule has 0 saturated heterocycles. The van der Waals surface area contributed by atoms with Gasteiger partial charge >= 0.3 is 7.60 Å². The standard InChI is InChI=1S/C24H25O4P/c1-5-28-29(26,27)21-13-9-12-20(22-17(3)14-16(2)15-18(22)4)23(21)24(25)19-10-7-6-8-11-19/h6-15H,5H2,1-4H3,(H,26,27). The molecular weight excluding hydrogens is 383 g/mol. The summed E-state index contributed by atoms with van der Waals surface area (Å²) >= 11 is 0. The fourth-order valence-corrected chi connectivity index (χ4v) is 5.07. The fourth-order valence-electron chi connectivity index (χ4n) is 3.81. The maximum Gasteiger partial charge on any atom is 0.359 e. The van der Waals surface area contributed by atoms with Gasteiger partial charge in [-0.1, -0.05) is 60.2 Å². The molecule has 5 heteroatoms. The van der Waals surface area contributed by atoms with Crippen molar-refractivity contribution in [2.75, 3.05) is 6.61 Å². The van der Waals surface area contributed by atoms with E-state index in [0.29, 0.717) is 11.1 Å². The minimum Gasteiger partial charge on any atom is -0.321 e. The molecule has 4 nitrogen and oxygen atoms in total. The molecule has 0 amide bonds. The Bertz CT molecular complexity index is 1080. The predicted molar refractivity (Wildman–Crippen MR) is 117 cm³/mol. The van der Waals surface area contributed by atoms with Crippen LogP contribution in [0.15, 0.2) is 60.7 Å². The van der Waals surface area contributed by atoms with Crippen molar-refractivity contribution in [2.24, 2.45) is 0 Å². The Hall–Kier alpha value is -2.52. The van der Waals surface area contributed by atoms with Crippen LogP contribution < -0.4 is 5.30 Å². The molecule has 1 N–H and O–H groups in total. The average Bonchev–Trinajstić information content (AvgIpc) is 2.67. The molecule has 3 rings (SSSR count). The Morgan fingerprint density at radius 3 is 2.17 bits per heavy atom. The summed E-state index contributed by atoms with van der Waals surface area (Å²) in [5, 5.41) is 0.0325. The summed E-state index contributed by atoms with van der Waals surface area (Å²) < 4.78 is 18.1. The van der Waals surface area contributed by atoms with E-state index in [2.05, 4.69) is 0 Å². The number of aryl methyl sites for hydroxylation is 3. The summed E-state index contributed by atoms with van der Waals surface area (Å²) in [5.41, 5.74) is 5.34. The van der Waals surface area contributed by atoms with Crippen LogP contribution in [0.5, 0.6) is 0 Å². The minimum atomic E-state index is -4.16. The van der Waals surface area contributed by atoms with Crippen molar-refractivity contribution in [3.8, 4) is 11.1 Å². The van der Waals surface area contributed by atoms with E-state index in [1.54, 1.807) is 37.3 Å². The number of carbonyl (C=O) groups is 1. The second-order valence-electron chi connectivity index (χ2n) is 7.11. The molecule has 0 aliphatic heterocycles. The molecule has 0 aliphatic carbocycles. The quantitative estimate of drug-likeness (QED) is 0.441. The molecule has 0 heterocycles. The molecule has 0 radical (unpaired) electrons. The molecule has 0 bridgehead atoms. The van der Waals surface area contributed by atoms with Crippen molar-refractivity contribution < 1.29 is 18.8 Å². The van der Waals surface area contributed by atoms with E-state index in [-0.39, 0.29) is 23.3 Å². The molecule has 1 unspecified atom stereocenters. The van der Waals surface area contributed by atoms with Crippen LogP contribution in [0.4, 0.5) is 0 Å². The van der Waals surface area contributed by atoms with Crippen LogP contribution in [0, 0.1) is 20.8 Å². The summed E-state index contributed by atoms with van der Waals surface area (Å²) in [4.78, 5) is 24.1. The van der Waals surface area contributed by atoms with E-state index < -0.39 is 7.60 Å². The van der Waals surface area contributed by atoms with Gasteiger partial charge < -0.3 is 9.42 Å². The number of benzene rings is 3. The van der Waals surface area contributed by atoms with E-state index in [1.807, 2.05) is 45.0 Å². The first-order valence-corrected chi connectivity index (χ1v) is 11.1. The van der Waals surface area contributed by atoms with Crippen molar-refractivity contribution in [3.05, 3.63) is 88.5 Å². The lowest BCUT2D eigenvalue weighted by molar-refractivity contribution is 0.103. The average molecular weight is 408 g/mol. The van der Waals surface area contributed by atoms with Crippen molar-refractivity contribution >= 4 is 18.7 Å². The van der Waals surface area contributed by atoms with Crippen LogP contribution >= 0.6 is 7.60 Å². The van der Waals surface area contributed by atoms with E-state index in [0.717, 1.165) is 22.3 Å². The number of hydrogen-bond donors (Lipinski definition) is 1. The van der Waals surface area contributed by atoms with Crippen LogP contribution in [0.3, 0.4) is 0 Å². The second kappa shape index (κ2) is 8.46. The summed E-state index contributed by atoms with van der Waals surface area (Å²) in [6.07, 6.45) is 0. The topological polar surface area (TPSA) is 63.6 Å². The summed E-state index contributed by atoms with van der Waals surface area (Å²) in [5.74, 6) is -0.301. The van der Waals surface area contributed by atoms with Gasteiger partial charge in [-0.3, -0.25) is 9.36 Å². The SMILES string of the molecule is CCOP(=O)(O)c1cccc(-c2c(C)cc(C)cc2C)c1C(=O)c1ccccc1. The molecule has 0 aliphatic rings. The number of ketones is 1. The third kappa shape index (κ3) is 4.25. The zero-order valence-electron chi connectivity index (χ0n) is 17.1. The zero-order chi connectivity index (χ0) is 21.2. The predicted octanol–water partition coefficient (Wildman–Crippen LogP) is 5.36. The third-order valence-corrected chi connectivity index (χ3v) is 6.45. The van der Waals surface area contributed by atoms with Crippen LogP contribution in [0.2, 0.25) is 0 Å². The highest BCUT2D eigenvalue weighted by Gasteiger charge is 2.31. The van der Waals surface area contributed by atoms with Crippen molar-refractivity contribution in [1.29, 1.82) is 0 Å². The van der Waals surface area contributed by atoms with Gasteiger partial charge in [-0.05, 0) is 56.0 Å². The molecule has 0 fully saturated rings. The Kier molecular flexibility index (Phi) is 6.18. The van der Waals surface area contributed by atoms with Gasteiger partial charge in [-0.25, -0.2) is 0 Å². The van der Waals surface area contributed by atoms with Crippen LogP contribution in [0.1, 0.15) is 39.5 Å². The van der Waals surface area contributed by atoms with Gasteiger partial charge in [0.15, 0.2) is 5.78 Å². The largest absolute Gasteiger partial charge is 0.359 e. The molecule has 29 heavy (non-hydrogen) atoms. The summed E-state index contributed by atoms with van der Waals surface area (Å²) in [6, 6.07) is 17.9. The number of rotatable bonds is 6. The summed E-state index contributed by atoms with van der Waals surface area (Å²) in [7, 11) is -4.16. The van der Waals surface area contributed by atoms with Crippen LogP contribution in [-0.2, 0) is 9.09 Å². The number of hydrogen-bond acceptors (Lipinski definition) is 3. The van der Waals surface area contributed by atoms with Gasteiger partial charge in [-0.15, -0.1) is 0 Å². The fraction of sp³-hybridized carbons (Fsp3) is 0.208. The lowest BCUT2D eigenvalue weighted by atomic mass is 9.88. The van der Waals surface area contributed by atoms with Gasteiger partial charge in [0.1, 0.15) is 0 Å². The molecule has 1 atom stereocenters. The Morgan fingerprint density at radius 1 is 0.966 bits per heavy atom. The normalized spacial score (nSPS) is 13.1. The summed E-state index contributed by atoms with van der Waals surface area (Å²) in [6.45, 7) is 7.71. The van der Waals surface area contributed by atoms with Crippen LogP contribution in [-0.4, -0.2) is 17.3 Å². The highest BCUT2D eigenvalue weighted by Crippen LogP contribution is 2.44. The monoisotopic (exact) mass is 408 g/mol. The first-order valence-electron chi connectivity index (χ1n) is 9.55. The zero-order valence-corrected chi connectivity index (χ0v) is 18.0. The van der Waals surface area contributed by atoms with Crippen molar-refractivity contribution in [2.45, 2.75) is 27.7 Å². The molecule has 150 valence electrons. The second-order valence-corrected chi connectivity index (χ2v) is 8.89. The molecule has 0 aromatic heterocycles. The van der Waals surface area contributed by atoms with E-state index in [1.165, 1.54) is 6.07 Å². The minimum absolute atomic E-state index is 0.0325. The highest BCUT2D eigenvalue weighted by molar-refractivity contribution is 7.61. The van der Waals surface area contributed by atoms with Gasteiger partial charge in [0.2, 0.25) is 0 Å². The Morgan fingerprint density at radius 2 is 1.59 bits per heavy atom. The van der Waals surface area contributed by atoms with Gasteiger partial charge in [0.25, 0.3) is 0 Å². The molecule has 3 aromatic carbocycles. The highest BCUT2D eigenvalue weighted by atomic mass is 31.2. The first-order chi connectivity index (χ1) is 13.8. The molecule has 0 spiro atoms. The van der Waals surface area contributed by atoms with Gasteiger partial charge in [0, 0.05) is 11.1 Å². The van der Waals surface area contributed by atoms with Crippen molar-refractivity contribution in [3.63, 3.8) is 0 Å². The maximum atomic E-state index is 13.5. The number of carbonyl (C=O) groups excluding carboxylic acids is 1. The lowest BCUT2D eigenvalue weighted by Gasteiger charge is -2.20. The van der Waals surface area contributed by atoms with Gasteiger partial charge in [-0.2, -0.15) is 0 Å². The third-order valence-electron chi connectivity index (χ3n) is 4.86.